The van der Waals surface area contributed by atoms with E-state index in [1.54, 1.807) is 11.0 Å². The molecule has 0 atom stereocenters. The van der Waals surface area contributed by atoms with E-state index in [2.05, 4.69) is 9.80 Å². The van der Waals surface area contributed by atoms with Crippen LogP contribution in [0.25, 0.3) is 0 Å². The molecule has 0 N–H and O–H groups in total. The van der Waals surface area contributed by atoms with Gasteiger partial charge in [0.15, 0.2) is 0 Å². The van der Waals surface area contributed by atoms with Gasteiger partial charge in [-0.3, -0.25) is 4.90 Å². The van der Waals surface area contributed by atoms with Crippen molar-refractivity contribution < 1.29 is 22.7 Å². The van der Waals surface area contributed by atoms with Gasteiger partial charge in [-0.05, 0) is 57.4 Å². The molecular formula is C21H30F3N3O2. The lowest BCUT2D eigenvalue weighted by molar-refractivity contribution is -0.137. The SMILES string of the molecule is CC(C)(C)OC(=O)N1CCN(Cc2cc(C(F)(F)F)ccc2N2CCCC2)CC1. The summed E-state index contributed by atoms with van der Waals surface area (Å²) in [5.74, 6) is 0. The minimum absolute atomic E-state index is 0.339. The third-order valence-corrected chi connectivity index (χ3v) is 5.27. The van der Waals surface area contributed by atoms with Gasteiger partial charge >= 0.3 is 12.3 Å². The summed E-state index contributed by atoms with van der Waals surface area (Å²) in [6.45, 7) is 9.91. The molecule has 2 saturated heterocycles. The lowest BCUT2D eigenvalue weighted by atomic mass is 10.1. The molecule has 2 aliphatic rings. The van der Waals surface area contributed by atoms with E-state index < -0.39 is 17.3 Å². The lowest BCUT2D eigenvalue weighted by Crippen LogP contribution is -2.49. The van der Waals surface area contributed by atoms with Crippen molar-refractivity contribution in [2.75, 3.05) is 44.2 Å². The predicted octanol–water partition coefficient (Wildman–Crippen LogP) is 4.36. The summed E-state index contributed by atoms with van der Waals surface area (Å²) in [4.78, 5) is 18.2. The Hall–Kier alpha value is -1.96. The Bertz CT molecular complexity index is 717. The number of benzene rings is 1. The first-order valence-corrected chi connectivity index (χ1v) is 10.2. The number of amides is 1. The molecule has 0 bridgehead atoms. The molecule has 162 valence electrons. The van der Waals surface area contributed by atoms with Crippen LogP contribution in [-0.4, -0.2) is 60.8 Å². The fraction of sp³-hybridized carbons (Fsp3) is 0.667. The number of piperazine rings is 1. The average Bonchev–Trinajstić information content (AvgIpc) is 3.14. The Kier molecular flexibility index (Phi) is 6.31. The highest BCUT2D eigenvalue weighted by molar-refractivity contribution is 5.68. The van der Waals surface area contributed by atoms with Crippen molar-refractivity contribution in [2.24, 2.45) is 0 Å². The average molecular weight is 413 g/mol. The highest BCUT2D eigenvalue weighted by Crippen LogP contribution is 2.34. The van der Waals surface area contributed by atoms with Gasteiger partial charge in [-0.15, -0.1) is 0 Å². The van der Waals surface area contributed by atoms with Crippen LogP contribution in [-0.2, 0) is 17.5 Å². The highest BCUT2D eigenvalue weighted by atomic mass is 19.4. The smallest absolute Gasteiger partial charge is 0.416 e. The molecule has 2 heterocycles. The van der Waals surface area contributed by atoms with E-state index >= 15 is 0 Å². The maximum absolute atomic E-state index is 13.2. The standard InChI is InChI=1S/C21H30F3N3O2/c1-20(2,3)29-19(28)27-12-10-25(11-13-27)15-16-14-17(21(22,23)24)6-7-18(16)26-8-4-5-9-26/h6-7,14H,4-5,8-13,15H2,1-3H3. The van der Waals surface area contributed by atoms with Crippen LogP contribution in [0.3, 0.4) is 0 Å². The van der Waals surface area contributed by atoms with Crippen molar-refractivity contribution in [2.45, 2.75) is 51.9 Å². The van der Waals surface area contributed by atoms with Crippen LogP contribution in [0.4, 0.5) is 23.7 Å². The van der Waals surface area contributed by atoms with Crippen molar-refractivity contribution in [3.63, 3.8) is 0 Å². The summed E-state index contributed by atoms with van der Waals surface area (Å²) >= 11 is 0. The van der Waals surface area contributed by atoms with Crippen molar-refractivity contribution in [1.29, 1.82) is 0 Å². The largest absolute Gasteiger partial charge is 0.444 e. The first-order chi connectivity index (χ1) is 13.5. The number of hydrogen-bond acceptors (Lipinski definition) is 4. The zero-order chi connectivity index (χ0) is 21.2. The zero-order valence-corrected chi connectivity index (χ0v) is 17.4. The fourth-order valence-corrected chi connectivity index (χ4v) is 3.81. The number of hydrogen-bond donors (Lipinski definition) is 0. The third-order valence-electron chi connectivity index (χ3n) is 5.27. The number of rotatable bonds is 3. The van der Waals surface area contributed by atoms with E-state index in [0.717, 1.165) is 31.6 Å². The maximum Gasteiger partial charge on any atom is 0.416 e. The second kappa shape index (κ2) is 8.42. The molecule has 29 heavy (non-hydrogen) atoms. The van der Waals surface area contributed by atoms with Crippen molar-refractivity contribution in [1.82, 2.24) is 9.80 Å². The zero-order valence-electron chi connectivity index (χ0n) is 17.4. The molecule has 0 aliphatic carbocycles. The van der Waals surface area contributed by atoms with Gasteiger partial charge < -0.3 is 14.5 Å². The summed E-state index contributed by atoms with van der Waals surface area (Å²) < 4.78 is 45.1. The second-order valence-corrected chi connectivity index (χ2v) is 8.78. The topological polar surface area (TPSA) is 36.0 Å². The van der Waals surface area contributed by atoms with Crippen LogP contribution < -0.4 is 4.90 Å². The van der Waals surface area contributed by atoms with Gasteiger partial charge in [0.25, 0.3) is 0 Å². The molecule has 0 aromatic heterocycles. The molecule has 1 aromatic rings. The quantitative estimate of drug-likeness (QED) is 0.738. The van der Waals surface area contributed by atoms with Gasteiger partial charge in [-0.1, -0.05) is 0 Å². The van der Waals surface area contributed by atoms with Gasteiger partial charge in [0.2, 0.25) is 0 Å². The van der Waals surface area contributed by atoms with Gasteiger partial charge in [-0.2, -0.15) is 13.2 Å². The Balaban J connectivity index is 1.68. The number of carbonyl (C=O) groups is 1. The first kappa shape index (κ1) is 21.7. The van der Waals surface area contributed by atoms with Crippen LogP contribution in [0.5, 0.6) is 0 Å². The summed E-state index contributed by atoms with van der Waals surface area (Å²) in [5.41, 5.74) is 0.442. The molecular weight excluding hydrogens is 383 g/mol. The summed E-state index contributed by atoms with van der Waals surface area (Å²) in [7, 11) is 0. The molecule has 3 rings (SSSR count). The molecule has 8 heteroatoms. The van der Waals surface area contributed by atoms with Gasteiger partial charge in [0.05, 0.1) is 5.56 Å². The molecule has 1 amide bonds. The maximum atomic E-state index is 13.2. The van der Waals surface area contributed by atoms with Crippen LogP contribution in [0.2, 0.25) is 0 Å². The Morgan fingerprint density at radius 2 is 1.62 bits per heavy atom. The fourth-order valence-electron chi connectivity index (χ4n) is 3.81. The summed E-state index contributed by atoms with van der Waals surface area (Å²) in [6, 6.07) is 4.08. The van der Waals surface area contributed by atoms with E-state index in [1.165, 1.54) is 12.1 Å². The van der Waals surface area contributed by atoms with Crippen molar-refractivity contribution in [3.8, 4) is 0 Å². The Labute approximate surface area is 170 Å². The number of halogens is 3. The predicted molar refractivity (Wildman–Crippen MR) is 106 cm³/mol. The number of alkyl halides is 3. The molecule has 0 spiro atoms. The molecule has 2 aliphatic heterocycles. The first-order valence-electron chi connectivity index (χ1n) is 10.2. The van der Waals surface area contributed by atoms with Crippen LogP contribution in [0.1, 0.15) is 44.7 Å². The molecule has 0 radical (unpaired) electrons. The molecule has 0 unspecified atom stereocenters. The monoisotopic (exact) mass is 413 g/mol. The Morgan fingerprint density at radius 3 is 2.17 bits per heavy atom. The van der Waals surface area contributed by atoms with E-state index in [4.69, 9.17) is 4.74 Å². The lowest BCUT2D eigenvalue weighted by Gasteiger charge is -2.36. The molecule has 0 saturated carbocycles. The van der Waals surface area contributed by atoms with E-state index in [9.17, 15) is 18.0 Å². The van der Waals surface area contributed by atoms with Crippen LogP contribution in [0, 0.1) is 0 Å². The molecule has 1 aromatic carbocycles. The van der Waals surface area contributed by atoms with Crippen LogP contribution in [0.15, 0.2) is 18.2 Å². The van der Waals surface area contributed by atoms with E-state index in [0.29, 0.717) is 38.3 Å². The summed E-state index contributed by atoms with van der Waals surface area (Å²) in [5, 5.41) is 0. The van der Waals surface area contributed by atoms with E-state index in [1.807, 2.05) is 20.8 Å². The summed E-state index contributed by atoms with van der Waals surface area (Å²) in [6.07, 6.45) is -2.56. The van der Waals surface area contributed by atoms with Crippen molar-refractivity contribution in [3.05, 3.63) is 29.3 Å². The van der Waals surface area contributed by atoms with Gasteiger partial charge in [0.1, 0.15) is 5.60 Å². The third kappa shape index (κ3) is 5.78. The minimum atomic E-state index is -4.35. The number of ether oxygens (including phenoxy) is 1. The Morgan fingerprint density at radius 1 is 1.00 bits per heavy atom. The molecule has 2 fully saturated rings. The number of carbonyl (C=O) groups excluding carboxylic acids is 1. The number of anilines is 1. The van der Waals surface area contributed by atoms with Crippen molar-refractivity contribution >= 4 is 11.8 Å². The molecule has 5 nitrogen and oxygen atoms in total. The highest BCUT2D eigenvalue weighted by Gasteiger charge is 2.32. The second-order valence-electron chi connectivity index (χ2n) is 8.78. The van der Waals surface area contributed by atoms with Gasteiger partial charge in [-0.25, -0.2) is 4.79 Å². The van der Waals surface area contributed by atoms with E-state index in [-0.39, 0.29) is 6.09 Å². The van der Waals surface area contributed by atoms with Crippen LogP contribution >= 0.6 is 0 Å². The number of nitrogens with zero attached hydrogens (tertiary/aromatic N) is 3. The minimum Gasteiger partial charge on any atom is -0.444 e. The van der Waals surface area contributed by atoms with Gasteiger partial charge in [0, 0.05) is 51.5 Å². The normalized spacial score (nSPS) is 19.0.